The number of nitrogens with zero attached hydrogens (tertiary/aromatic N) is 1. The zero-order valence-corrected chi connectivity index (χ0v) is 20.3. The zero-order chi connectivity index (χ0) is 24.2. The predicted molar refractivity (Wildman–Crippen MR) is 141 cm³/mol. The molecule has 35 heavy (non-hydrogen) atoms. The van der Waals surface area contributed by atoms with Gasteiger partial charge in [-0.25, -0.2) is 0 Å². The smallest absolute Gasteiger partial charge is 0.259 e. The molecule has 2 amide bonds. The summed E-state index contributed by atoms with van der Waals surface area (Å²) in [5, 5.41) is 3.02. The standard InChI is InChI=1S/C30H26N2O2S/c1-21-9-5-6-12-24(21)20-32-26-19-23(29(33)31-18-17-22-10-3-2-4-11-22)15-16-28(26)35-27-14-8-7-13-25(27)30(32)34/h2-16,19H,17-18,20H2,1H3,(H,31,33). The van der Waals surface area contributed by atoms with Crippen LogP contribution in [0.15, 0.2) is 107 Å². The second-order valence-corrected chi connectivity index (χ2v) is 9.67. The highest BCUT2D eigenvalue weighted by atomic mass is 32.2. The number of amides is 2. The predicted octanol–water partition coefficient (Wildman–Crippen LogP) is 6.28. The number of anilines is 1. The molecule has 1 aliphatic rings. The van der Waals surface area contributed by atoms with E-state index < -0.39 is 0 Å². The van der Waals surface area contributed by atoms with Crippen molar-refractivity contribution in [1.82, 2.24) is 5.32 Å². The average Bonchev–Trinajstić information content (AvgIpc) is 3.00. The highest BCUT2D eigenvalue weighted by Gasteiger charge is 2.28. The second-order valence-electron chi connectivity index (χ2n) is 8.59. The molecule has 0 aromatic heterocycles. The first-order chi connectivity index (χ1) is 17.1. The van der Waals surface area contributed by atoms with Gasteiger partial charge >= 0.3 is 0 Å². The van der Waals surface area contributed by atoms with Crippen LogP contribution in [0.4, 0.5) is 5.69 Å². The van der Waals surface area contributed by atoms with Crippen molar-refractivity contribution in [3.63, 3.8) is 0 Å². The molecule has 0 unspecified atom stereocenters. The van der Waals surface area contributed by atoms with E-state index in [4.69, 9.17) is 0 Å². The summed E-state index contributed by atoms with van der Waals surface area (Å²) in [6.07, 6.45) is 0.764. The molecule has 0 spiro atoms. The molecule has 1 N–H and O–H groups in total. The van der Waals surface area contributed by atoms with Crippen LogP contribution in [0, 0.1) is 6.92 Å². The molecule has 0 fully saturated rings. The Kier molecular flexibility index (Phi) is 6.68. The van der Waals surface area contributed by atoms with E-state index in [1.165, 1.54) is 5.56 Å². The van der Waals surface area contributed by atoms with Crippen molar-refractivity contribution in [2.75, 3.05) is 11.4 Å². The minimum atomic E-state index is -0.140. The molecule has 0 bridgehead atoms. The first-order valence-electron chi connectivity index (χ1n) is 11.7. The lowest BCUT2D eigenvalue weighted by molar-refractivity contribution is 0.0950. The molecule has 0 radical (unpaired) electrons. The normalized spacial score (nSPS) is 12.5. The summed E-state index contributed by atoms with van der Waals surface area (Å²) in [4.78, 5) is 30.4. The molecule has 0 saturated carbocycles. The zero-order valence-electron chi connectivity index (χ0n) is 19.5. The molecule has 0 atom stereocenters. The largest absolute Gasteiger partial charge is 0.352 e. The molecule has 5 heteroatoms. The van der Waals surface area contributed by atoms with E-state index in [-0.39, 0.29) is 11.8 Å². The second kappa shape index (κ2) is 10.2. The molecular weight excluding hydrogens is 452 g/mol. The quantitative estimate of drug-likeness (QED) is 0.355. The third-order valence-electron chi connectivity index (χ3n) is 6.23. The Morgan fingerprint density at radius 1 is 0.857 bits per heavy atom. The maximum Gasteiger partial charge on any atom is 0.259 e. The Hall–Kier alpha value is -3.83. The van der Waals surface area contributed by atoms with Gasteiger partial charge in [-0.15, -0.1) is 0 Å². The van der Waals surface area contributed by atoms with Crippen LogP contribution < -0.4 is 10.2 Å². The van der Waals surface area contributed by atoms with Gasteiger partial charge in [0.15, 0.2) is 0 Å². The lowest BCUT2D eigenvalue weighted by atomic mass is 10.1. The minimum absolute atomic E-state index is 0.0586. The topological polar surface area (TPSA) is 49.4 Å². The lowest BCUT2D eigenvalue weighted by Crippen LogP contribution is -2.31. The molecule has 1 heterocycles. The van der Waals surface area contributed by atoms with Crippen LogP contribution in [-0.4, -0.2) is 18.4 Å². The maximum atomic E-state index is 13.7. The maximum absolute atomic E-state index is 13.7. The van der Waals surface area contributed by atoms with Gasteiger partial charge in [0.1, 0.15) is 0 Å². The molecule has 4 nitrogen and oxygen atoms in total. The van der Waals surface area contributed by atoms with Crippen LogP contribution in [0.3, 0.4) is 0 Å². The van der Waals surface area contributed by atoms with Crippen LogP contribution in [0.1, 0.15) is 37.4 Å². The van der Waals surface area contributed by atoms with E-state index in [0.29, 0.717) is 24.2 Å². The highest BCUT2D eigenvalue weighted by molar-refractivity contribution is 7.99. The average molecular weight is 479 g/mol. The van der Waals surface area contributed by atoms with Crippen LogP contribution in [0.5, 0.6) is 0 Å². The minimum Gasteiger partial charge on any atom is -0.352 e. The van der Waals surface area contributed by atoms with Gasteiger partial charge in [-0.05, 0) is 60.4 Å². The summed E-state index contributed by atoms with van der Waals surface area (Å²) in [7, 11) is 0. The summed E-state index contributed by atoms with van der Waals surface area (Å²) in [6, 6.07) is 31.5. The number of hydrogen-bond acceptors (Lipinski definition) is 3. The summed E-state index contributed by atoms with van der Waals surface area (Å²) < 4.78 is 0. The third kappa shape index (κ3) is 5.00. The number of nitrogens with one attached hydrogen (secondary N) is 1. The summed E-state index contributed by atoms with van der Waals surface area (Å²) in [5.41, 5.74) is 5.37. The van der Waals surface area contributed by atoms with Crippen molar-refractivity contribution in [2.45, 2.75) is 29.7 Å². The monoisotopic (exact) mass is 478 g/mol. The van der Waals surface area contributed by atoms with Gasteiger partial charge in [0, 0.05) is 21.9 Å². The van der Waals surface area contributed by atoms with Gasteiger partial charge in [-0.1, -0.05) is 78.5 Å². The van der Waals surface area contributed by atoms with Crippen LogP contribution in [-0.2, 0) is 13.0 Å². The van der Waals surface area contributed by atoms with Gasteiger partial charge < -0.3 is 10.2 Å². The molecule has 5 rings (SSSR count). The number of carbonyl (C=O) groups excluding carboxylic acids is 2. The fourth-order valence-corrected chi connectivity index (χ4v) is 5.30. The van der Waals surface area contributed by atoms with E-state index in [1.54, 1.807) is 16.7 Å². The first-order valence-corrected chi connectivity index (χ1v) is 12.5. The summed E-state index contributed by atoms with van der Waals surface area (Å²) in [5.74, 6) is -0.199. The number of carbonyl (C=O) groups is 2. The van der Waals surface area contributed by atoms with Crippen molar-refractivity contribution in [3.8, 4) is 0 Å². The Morgan fingerprint density at radius 3 is 2.43 bits per heavy atom. The molecule has 0 aliphatic carbocycles. The number of benzene rings is 4. The van der Waals surface area contributed by atoms with Gasteiger partial charge in [0.2, 0.25) is 0 Å². The van der Waals surface area contributed by atoms with E-state index in [1.807, 2.05) is 78.9 Å². The van der Waals surface area contributed by atoms with E-state index in [2.05, 4.69) is 30.4 Å². The summed E-state index contributed by atoms with van der Waals surface area (Å²) in [6.45, 7) is 3.04. The van der Waals surface area contributed by atoms with E-state index in [9.17, 15) is 9.59 Å². The lowest BCUT2D eigenvalue weighted by Gasteiger charge is -2.24. The van der Waals surface area contributed by atoms with Crippen molar-refractivity contribution in [2.24, 2.45) is 0 Å². The van der Waals surface area contributed by atoms with Crippen LogP contribution in [0.2, 0.25) is 0 Å². The fourth-order valence-electron chi connectivity index (χ4n) is 4.24. The van der Waals surface area contributed by atoms with Gasteiger partial charge in [0.05, 0.1) is 17.8 Å². The SMILES string of the molecule is Cc1ccccc1CN1C(=O)c2ccccc2Sc2ccc(C(=O)NCCc3ccccc3)cc21. The number of fused-ring (bicyclic) bond motifs is 2. The van der Waals surface area contributed by atoms with Gasteiger partial charge in [0.25, 0.3) is 11.8 Å². The van der Waals surface area contributed by atoms with Gasteiger partial charge in [-0.2, -0.15) is 0 Å². The number of hydrogen-bond donors (Lipinski definition) is 1. The molecule has 0 saturated heterocycles. The molecule has 1 aliphatic heterocycles. The molecule has 4 aromatic rings. The third-order valence-corrected chi connectivity index (χ3v) is 7.37. The highest BCUT2D eigenvalue weighted by Crippen LogP contribution is 2.42. The first kappa shape index (κ1) is 22.9. The number of rotatable bonds is 6. The van der Waals surface area contributed by atoms with Crippen LogP contribution >= 0.6 is 11.8 Å². The Morgan fingerprint density at radius 2 is 1.60 bits per heavy atom. The van der Waals surface area contributed by atoms with Crippen molar-refractivity contribution < 1.29 is 9.59 Å². The van der Waals surface area contributed by atoms with Crippen LogP contribution in [0.25, 0.3) is 0 Å². The Labute approximate surface area is 210 Å². The Balaban J connectivity index is 1.46. The van der Waals surface area contributed by atoms with Gasteiger partial charge in [-0.3, -0.25) is 9.59 Å². The summed E-state index contributed by atoms with van der Waals surface area (Å²) >= 11 is 1.57. The number of aryl methyl sites for hydroxylation is 1. The molecular formula is C30H26N2O2S. The van der Waals surface area contributed by atoms with Crippen molar-refractivity contribution in [1.29, 1.82) is 0 Å². The Bertz CT molecular complexity index is 1380. The molecule has 174 valence electrons. The fraction of sp³-hybridized carbons (Fsp3) is 0.133. The molecule has 4 aromatic carbocycles. The van der Waals surface area contributed by atoms with Crippen molar-refractivity contribution >= 4 is 29.3 Å². The van der Waals surface area contributed by atoms with E-state index in [0.717, 1.165) is 33.0 Å². The van der Waals surface area contributed by atoms with E-state index >= 15 is 0 Å². The van der Waals surface area contributed by atoms with Crippen molar-refractivity contribution in [3.05, 3.63) is 125 Å².